The second-order valence-electron chi connectivity index (χ2n) is 13.0. The summed E-state index contributed by atoms with van der Waals surface area (Å²) in [5, 5.41) is 0. The third kappa shape index (κ3) is 19.2. The van der Waals surface area contributed by atoms with Crippen molar-refractivity contribution in [2.45, 2.75) is 142 Å². The minimum Gasteiger partial charge on any atom is -0.494 e. The molecule has 5 heteroatoms. The van der Waals surface area contributed by atoms with Gasteiger partial charge in [0.15, 0.2) is 0 Å². The van der Waals surface area contributed by atoms with Crippen molar-refractivity contribution >= 4 is 5.78 Å². The number of benzene rings is 1. The maximum absolute atomic E-state index is 12.3. The number of carbonyl (C=O) groups excluding carboxylic acids is 1. The number of ether oxygens (including phenoxy) is 1. The average Bonchev–Trinajstić information content (AvgIpc) is 3.09. The van der Waals surface area contributed by atoms with Gasteiger partial charge in [-0.25, -0.2) is 0 Å². The Labute approximate surface area is 286 Å². The van der Waals surface area contributed by atoms with Crippen LogP contribution >= 0.6 is 0 Å². The summed E-state index contributed by atoms with van der Waals surface area (Å²) in [4.78, 5) is 23.8. The van der Waals surface area contributed by atoms with Crippen LogP contribution in [-0.4, -0.2) is 27.3 Å². The molecule has 0 fully saturated rings. The molecule has 0 unspecified atom stereocenters. The Morgan fingerprint density at radius 1 is 0.638 bits per heavy atom. The van der Waals surface area contributed by atoms with Gasteiger partial charge < -0.3 is 4.74 Å². The number of aromatic nitrogens is 2. The summed E-state index contributed by atoms with van der Waals surface area (Å²) in [6.45, 7) is 5.23. The fourth-order valence-corrected chi connectivity index (χ4v) is 5.91. The van der Waals surface area contributed by atoms with Crippen molar-refractivity contribution in [3.8, 4) is 5.75 Å². The molecule has 0 saturated heterocycles. The highest BCUT2D eigenvalue weighted by atomic mass is 16.5. The Bertz CT molecular complexity index is 1170. The normalized spacial score (nSPS) is 11.4. The molecule has 0 radical (unpaired) electrons. The van der Waals surface area contributed by atoms with Gasteiger partial charge in [0.25, 0.3) is 0 Å². The fourth-order valence-electron chi connectivity index (χ4n) is 5.91. The first kappa shape index (κ1) is 38.1. The number of hydrogen-bond donors (Lipinski definition) is 0. The lowest BCUT2D eigenvalue weighted by atomic mass is 10.0. The molecule has 0 aliphatic heterocycles. The van der Waals surface area contributed by atoms with E-state index in [0.29, 0.717) is 18.8 Å². The van der Waals surface area contributed by atoms with Gasteiger partial charge in [-0.05, 0) is 93.3 Å². The number of Topliss-reactive ketones (excluding diaryl/α,β-unsaturated/α-hetero) is 1. The van der Waals surface area contributed by atoms with Crippen molar-refractivity contribution in [1.82, 2.24) is 14.9 Å². The van der Waals surface area contributed by atoms with E-state index in [9.17, 15) is 4.79 Å². The molecular weight excluding hydrogens is 578 g/mol. The summed E-state index contributed by atoms with van der Waals surface area (Å²) in [5.74, 6) is 1.33. The van der Waals surface area contributed by atoms with E-state index >= 15 is 0 Å². The highest BCUT2D eigenvalue weighted by Crippen LogP contribution is 2.18. The molecule has 256 valence electrons. The molecule has 0 N–H and O–H groups in total. The molecule has 47 heavy (non-hydrogen) atoms. The van der Waals surface area contributed by atoms with E-state index in [-0.39, 0.29) is 0 Å². The van der Waals surface area contributed by atoms with Gasteiger partial charge in [0, 0.05) is 44.9 Å². The summed E-state index contributed by atoms with van der Waals surface area (Å²) in [5.41, 5.74) is 3.29. The monoisotopic (exact) mass is 639 g/mol. The Kier molecular flexibility index (Phi) is 20.9. The van der Waals surface area contributed by atoms with Crippen molar-refractivity contribution in [3.63, 3.8) is 0 Å². The number of ketones is 1. The Hall–Kier alpha value is -3.31. The SMILES string of the molecule is CCCCCCCC/C=C\CCCCCCCC(=O)CCCCCOc1cccc(CN(Cc2ccccn2)Cc2ccccn2)c1. The molecule has 0 bridgehead atoms. The molecule has 0 saturated carbocycles. The molecular formula is C42H61N3O2. The summed E-state index contributed by atoms with van der Waals surface area (Å²) in [7, 11) is 0. The topological polar surface area (TPSA) is 55.3 Å². The molecule has 2 aromatic heterocycles. The first-order valence-corrected chi connectivity index (χ1v) is 18.6. The van der Waals surface area contributed by atoms with Crippen molar-refractivity contribution in [2.75, 3.05) is 6.61 Å². The Morgan fingerprint density at radius 3 is 1.81 bits per heavy atom. The van der Waals surface area contributed by atoms with E-state index in [4.69, 9.17) is 4.74 Å². The summed E-state index contributed by atoms with van der Waals surface area (Å²) in [6, 6.07) is 20.5. The number of hydrogen-bond acceptors (Lipinski definition) is 5. The Balaban J connectivity index is 1.20. The van der Waals surface area contributed by atoms with Crippen LogP contribution < -0.4 is 4.74 Å². The van der Waals surface area contributed by atoms with Gasteiger partial charge in [-0.15, -0.1) is 0 Å². The van der Waals surface area contributed by atoms with Gasteiger partial charge in [-0.2, -0.15) is 0 Å². The highest BCUT2D eigenvalue weighted by molar-refractivity contribution is 5.78. The van der Waals surface area contributed by atoms with E-state index in [1.54, 1.807) is 0 Å². The first-order chi connectivity index (χ1) is 23.2. The van der Waals surface area contributed by atoms with Crippen molar-refractivity contribution in [2.24, 2.45) is 0 Å². The molecule has 3 aromatic rings. The molecule has 0 aliphatic carbocycles. The number of allylic oxidation sites excluding steroid dienone is 2. The molecule has 2 heterocycles. The van der Waals surface area contributed by atoms with Crippen molar-refractivity contribution in [3.05, 3.63) is 102 Å². The molecule has 1 aromatic carbocycles. The molecule has 0 atom stereocenters. The molecule has 0 spiro atoms. The largest absolute Gasteiger partial charge is 0.494 e. The van der Waals surface area contributed by atoms with Gasteiger partial charge in [0.05, 0.1) is 18.0 Å². The van der Waals surface area contributed by atoms with Crippen LogP contribution in [0.1, 0.15) is 139 Å². The summed E-state index contributed by atoms with van der Waals surface area (Å²) >= 11 is 0. The Morgan fingerprint density at radius 2 is 1.21 bits per heavy atom. The van der Waals surface area contributed by atoms with Crippen LogP contribution in [0.15, 0.2) is 85.2 Å². The van der Waals surface area contributed by atoms with Gasteiger partial charge >= 0.3 is 0 Å². The van der Waals surface area contributed by atoms with E-state index in [1.165, 1.54) is 82.6 Å². The lowest BCUT2D eigenvalue weighted by Gasteiger charge is -2.22. The third-order valence-electron chi connectivity index (χ3n) is 8.61. The number of nitrogens with zero attached hydrogens (tertiary/aromatic N) is 3. The van der Waals surface area contributed by atoms with E-state index in [0.717, 1.165) is 68.9 Å². The molecule has 0 aliphatic rings. The predicted molar refractivity (Wildman–Crippen MR) is 196 cm³/mol. The zero-order valence-electron chi connectivity index (χ0n) is 29.3. The van der Waals surface area contributed by atoms with Crippen LogP contribution in [0.4, 0.5) is 0 Å². The van der Waals surface area contributed by atoms with Gasteiger partial charge in [-0.3, -0.25) is 19.7 Å². The zero-order valence-corrected chi connectivity index (χ0v) is 29.3. The van der Waals surface area contributed by atoms with Crippen LogP contribution in [0.5, 0.6) is 5.75 Å². The van der Waals surface area contributed by atoms with Gasteiger partial charge in [0.2, 0.25) is 0 Å². The second-order valence-corrected chi connectivity index (χ2v) is 13.0. The average molecular weight is 640 g/mol. The first-order valence-electron chi connectivity index (χ1n) is 18.6. The molecule has 5 nitrogen and oxygen atoms in total. The third-order valence-corrected chi connectivity index (χ3v) is 8.61. The maximum atomic E-state index is 12.3. The van der Waals surface area contributed by atoms with Gasteiger partial charge in [-0.1, -0.05) is 94.7 Å². The lowest BCUT2D eigenvalue weighted by molar-refractivity contribution is -0.119. The van der Waals surface area contributed by atoms with Gasteiger partial charge in [0.1, 0.15) is 11.5 Å². The zero-order chi connectivity index (χ0) is 33.0. The van der Waals surface area contributed by atoms with Crippen LogP contribution in [0.25, 0.3) is 0 Å². The van der Waals surface area contributed by atoms with E-state index in [2.05, 4.69) is 64.3 Å². The summed E-state index contributed by atoms with van der Waals surface area (Å²) in [6.07, 6.45) is 29.6. The van der Waals surface area contributed by atoms with Crippen LogP contribution in [0.3, 0.4) is 0 Å². The van der Waals surface area contributed by atoms with E-state index < -0.39 is 0 Å². The lowest BCUT2D eigenvalue weighted by Crippen LogP contribution is -2.23. The van der Waals surface area contributed by atoms with Crippen LogP contribution in [-0.2, 0) is 24.4 Å². The number of rotatable bonds is 28. The predicted octanol–water partition coefficient (Wildman–Crippen LogP) is 11.2. The van der Waals surface area contributed by atoms with E-state index in [1.807, 2.05) is 42.7 Å². The standard InChI is InChI=1S/C42H61N3O2/c1-2-3-4-5-6-7-8-9-10-11-12-13-14-15-17-28-41(46)29-18-16-23-33-47-42-30-24-25-38(34-42)35-45(36-39-26-19-21-31-43-39)37-40-27-20-22-32-44-40/h9-10,19-22,24-27,30-32,34H,2-8,11-18,23,28-29,33,35-37H2,1H3/b10-9-. The highest BCUT2D eigenvalue weighted by Gasteiger charge is 2.11. The fraction of sp³-hybridized carbons (Fsp3) is 0.548. The number of carbonyl (C=O) groups is 1. The van der Waals surface area contributed by atoms with Crippen molar-refractivity contribution in [1.29, 1.82) is 0 Å². The minimum atomic E-state index is 0.428. The van der Waals surface area contributed by atoms with Crippen molar-refractivity contribution < 1.29 is 9.53 Å². The maximum Gasteiger partial charge on any atom is 0.132 e. The molecule has 0 amide bonds. The smallest absolute Gasteiger partial charge is 0.132 e. The second kappa shape index (κ2) is 25.7. The minimum absolute atomic E-state index is 0.428. The summed E-state index contributed by atoms with van der Waals surface area (Å²) < 4.78 is 6.10. The quantitative estimate of drug-likeness (QED) is 0.0584. The van der Waals surface area contributed by atoms with Crippen LogP contribution in [0, 0.1) is 0 Å². The number of unbranched alkanes of at least 4 members (excludes halogenated alkanes) is 13. The van der Waals surface area contributed by atoms with Crippen LogP contribution in [0.2, 0.25) is 0 Å². The number of pyridine rings is 2. The molecule has 3 rings (SSSR count).